The maximum Gasteiger partial charge on any atom is 0.177 e. The Morgan fingerprint density at radius 3 is 2.67 bits per heavy atom. The summed E-state index contributed by atoms with van der Waals surface area (Å²) in [6.45, 7) is 0. The molecule has 0 heterocycles. The minimum absolute atomic E-state index is 0.0231. The van der Waals surface area contributed by atoms with Crippen molar-refractivity contribution in [2.75, 3.05) is 11.6 Å². The number of benzene rings is 2. The molecule has 0 aliphatic heterocycles. The number of nitrogens with one attached hydrogen (secondary N) is 1. The Hall–Kier alpha value is -2.01. The summed E-state index contributed by atoms with van der Waals surface area (Å²) in [5.74, 6) is 0.313. The third kappa shape index (κ3) is 2.61. The molecule has 3 rings (SSSR count). The second-order valence-electron chi connectivity index (χ2n) is 5.35. The summed E-state index contributed by atoms with van der Waals surface area (Å²) in [6.07, 6.45) is 2.84. The Kier molecular flexibility index (Phi) is 3.37. The number of rotatable bonds is 3. The van der Waals surface area contributed by atoms with E-state index in [-0.39, 0.29) is 6.04 Å². The lowest BCUT2D eigenvalue weighted by atomic mass is 10.1. The summed E-state index contributed by atoms with van der Waals surface area (Å²) < 4.78 is 23.7. The van der Waals surface area contributed by atoms with Crippen LogP contribution in [0.5, 0.6) is 5.75 Å². The fourth-order valence-electron chi connectivity index (χ4n) is 2.88. The van der Waals surface area contributed by atoms with Gasteiger partial charge in [0.25, 0.3) is 0 Å². The van der Waals surface area contributed by atoms with Crippen LogP contribution in [0.15, 0.2) is 47.4 Å². The molecular formula is C16H17NO3S. The molecule has 1 unspecified atom stereocenters. The first-order valence-electron chi connectivity index (χ1n) is 6.83. The molecule has 5 heteroatoms. The average molecular weight is 303 g/mol. The van der Waals surface area contributed by atoms with Gasteiger partial charge in [0.1, 0.15) is 5.75 Å². The molecule has 0 spiro atoms. The van der Waals surface area contributed by atoms with Crippen molar-refractivity contribution in [3.63, 3.8) is 0 Å². The van der Waals surface area contributed by atoms with Gasteiger partial charge in [0, 0.05) is 6.26 Å². The second-order valence-corrected chi connectivity index (χ2v) is 7.33. The number of para-hydroxylation sites is 1. The molecule has 1 aliphatic carbocycles. The molecule has 0 aromatic heterocycles. The number of sulfone groups is 1. The van der Waals surface area contributed by atoms with Crippen LogP contribution in [-0.2, 0) is 16.3 Å². The highest BCUT2D eigenvalue weighted by atomic mass is 32.2. The lowest BCUT2D eigenvalue weighted by Crippen LogP contribution is -2.10. The van der Waals surface area contributed by atoms with E-state index in [0.29, 0.717) is 16.3 Å². The normalized spacial score (nSPS) is 17.5. The second kappa shape index (κ2) is 5.07. The van der Waals surface area contributed by atoms with Crippen LogP contribution in [0.4, 0.5) is 5.69 Å². The quantitative estimate of drug-likeness (QED) is 0.915. The Morgan fingerprint density at radius 2 is 1.90 bits per heavy atom. The standard InChI is InChI=1S/C16H17NO3S/c1-21(19,20)16-8-3-2-6-14(16)17-13-10-9-12-11(13)5-4-7-15(12)18/h2-8,13,17-18H,9-10H2,1H3. The molecule has 1 aliphatic rings. The van der Waals surface area contributed by atoms with Crippen molar-refractivity contribution in [3.8, 4) is 5.75 Å². The third-order valence-corrected chi connectivity index (χ3v) is 5.02. The van der Waals surface area contributed by atoms with E-state index in [1.54, 1.807) is 24.3 Å². The summed E-state index contributed by atoms with van der Waals surface area (Å²) in [5.41, 5.74) is 2.60. The molecule has 4 nitrogen and oxygen atoms in total. The Labute approximate surface area is 124 Å². The summed E-state index contributed by atoms with van der Waals surface area (Å²) in [7, 11) is -3.27. The fourth-order valence-corrected chi connectivity index (χ4v) is 3.73. The van der Waals surface area contributed by atoms with Crippen LogP contribution in [0.1, 0.15) is 23.6 Å². The maximum atomic E-state index is 11.8. The van der Waals surface area contributed by atoms with Gasteiger partial charge in [-0.1, -0.05) is 24.3 Å². The number of anilines is 1. The molecule has 0 bridgehead atoms. The molecule has 2 N–H and O–H groups in total. The highest BCUT2D eigenvalue weighted by Crippen LogP contribution is 2.39. The molecule has 1 atom stereocenters. The topological polar surface area (TPSA) is 66.4 Å². The molecule has 0 radical (unpaired) electrons. The average Bonchev–Trinajstić information content (AvgIpc) is 2.83. The number of phenolic OH excluding ortho intramolecular Hbond substituents is 1. The van der Waals surface area contributed by atoms with Crippen LogP contribution in [0.2, 0.25) is 0 Å². The van der Waals surface area contributed by atoms with E-state index in [9.17, 15) is 13.5 Å². The first kappa shape index (κ1) is 13.9. The third-order valence-electron chi connectivity index (χ3n) is 3.86. The van der Waals surface area contributed by atoms with Gasteiger partial charge in [0.2, 0.25) is 0 Å². The lowest BCUT2D eigenvalue weighted by molar-refractivity contribution is 0.469. The first-order valence-corrected chi connectivity index (χ1v) is 8.72. The molecule has 21 heavy (non-hydrogen) atoms. The van der Waals surface area contributed by atoms with E-state index < -0.39 is 9.84 Å². The van der Waals surface area contributed by atoms with Gasteiger partial charge < -0.3 is 10.4 Å². The molecule has 0 fully saturated rings. The van der Waals surface area contributed by atoms with Gasteiger partial charge in [-0.05, 0) is 42.2 Å². The summed E-state index contributed by atoms with van der Waals surface area (Å²) in [5, 5.41) is 13.2. The number of hydrogen-bond acceptors (Lipinski definition) is 4. The van der Waals surface area contributed by atoms with Gasteiger partial charge in [0.15, 0.2) is 9.84 Å². The minimum atomic E-state index is -3.27. The summed E-state index contributed by atoms with van der Waals surface area (Å²) in [4.78, 5) is 0.304. The molecular weight excluding hydrogens is 286 g/mol. The largest absolute Gasteiger partial charge is 0.508 e. The number of fused-ring (bicyclic) bond motifs is 1. The summed E-state index contributed by atoms with van der Waals surface area (Å²) in [6, 6.07) is 12.4. The first-order chi connectivity index (χ1) is 9.97. The Bertz CT molecular complexity index is 784. The van der Waals surface area contributed by atoms with Gasteiger partial charge in [-0.15, -0.1) is 0 Å². The van der Waals surface area contributed by atoms with E-state index in [1.165, 1.54) is 6.26 Å². The van der Waals surface area contributed by atoms with Gasteiger partial charge in [-0.3, -0.25) is 0 Å². The van der Waals surface area contributed by atoms with Crippen molar-refractivity contribution < 1.29 is 13.5 Å². The lowest BCUT2D eigenvalue weighted by Gasteiger charge is -2.18. The monoisotopic (exact) mass is 303 g/mol. The fraction of sp³-hybridized carbons (Fsp3) is 0.250. The van der Waals surface area contributed by atoms with Crippen molar-refractivity contribution >= 4 is 15.5 Å². The highest BCUT2D eigenvalue weighted by Gasteiger charge is 2.25. The van der Waals surface area contributed by atoms with Crippen LogP contribution in [-0.4, -0.2) is 19.8 Å². The van der Waals surface area contributed by atoms with Crippen LogP contribution in [0.25, 0.3) is 0 Å². The van der Waals surface area contributed by atoms with E-state index in [2.05, 4.69) is 5.32 Å². The molecule has 2 aromatic rings. The zero-order chi connectivity index (χ0) is 15.0. The predicted molar refractivity (Wildman–Crippen MR) is 82.3 cm³/mol. The van der Waals surface area contributed by atoms with Crippen molar-refractivity contribution in [1.29, 1.82) is 0 Å². The van der Waals surface area contributed by atoms with Crippen molar-refractivity contribution in [2.45, 2.75) is 23.8 Å². The predicted octanol–water partition coefficient (Wildman–Crippen LogP) is 2.90. The number of aromatic hydroxyl groups is 1. The van der Waals surface area contributed by atoms with Crippen LogP contribution in [0.3, 0.4) is 0 Å². The van der Waals surface area contributed by atoms with Crippen molar-refractivity contribution in [1.82, 2.24) is 0 Å². The van der Waals surface area contributed by atoms with Gasteiger partial charge >= 0.3 is 0 Å². The minimum Gasteiger partial charge on any atom is -0.508 e. The zero-order valence-electron chi connectivity index (χ0n) is 11.7. The smallest absolute Gasteiger partial charge is 0.177 e. The van der Waals surface area contributed by atoms with Crippen LogP contribution < -0.4 is 5.32 Å². The maximum absolute atomic E-state index is 11.8. The SMILES string of the molecule is CS(=O)(=O)c1ccccc1NC1CCc2c(O)cccc21. The zero-order valence-corrected chi connectivity index (χ0v) is 12.5. The van der Waals surface area contributed by atoms with Crippen LogP contribution in [0, 0.1) is 0 Å². The Morgan fingerprint density at radius 1 is 1.14 bits per heavy atom. The molecule has 0 saturated carbocycles. The van der Waals surface area contributed by atoms with Crippen molar-refractivity contribution in [3.05, 3.63) is 53.6 Å². The van der Waals surface area contributed by atoms with Crippen molar-refractivity contribution in [2.24, 2.45) is 0 Å². The van der Waals surface area contributed by atoms with E-state index >= 15 is 0 Å². The van der Waals surface area contributed by atoms with Gasteiger partial charge in [0.05, 0.1) is 16.6 Å². The summed E-state index contributed by atoms with van der Waals surface area (Å²) >= 11 is 0. The number of hydrogen-bond donors (Lipinski definition) is 2. The molecule has 2 aromatic carbocycles. The molecule has 0 saturated heterocycles. The van der Waals surface area contributed by atoms with E-state index in [1.807, 2.05) is 18.2 Å². The highest BCUT2D eigenvalue weighted by molar-refractivity contribution is 7.90. The van der Waals surface area contributed by atoms with E-state index in [0.717, 1.165) is 24.0 Å². The number of phenols is 1. The van der Waals surface area contributed by atoms with Crippen LogP contribution >= 0.6 is 0 Å². The van der Waals surface area contributed by atoms with Gasteiger partial charge in [-0.25, -0.2) is 8.42 Å². The van der Waals surface area contributed by atoms with E-state index in [4.69, 9.17) is 0 Å². The Balaban J connectivity index is 1.96. The van der Waals surface area contributed by atoms with Gasteiger partial charge in [-0.2, -0.15) is 0 Å². The molecule has 110 valence electrons. The molecule has 0 amide bonds.